The van der Waals surface area contributed by atoms with Gasteiger partial charge in [-0.1, -0.05) is 62.4 Å². The summed E-state index contributed by atoms with van der Waals surface area (Å²) in [6.07, 6.45) is 0.665. The molecule has 2 heterocycles. The summed E-state index contributed by atoms with van der Waals surface area (Å²) < 4.78 is 13.9. The molecule has 2 N–H and O–H groups in total. The van der Waals surface area contributed by atoms with Gasteiger partial charge in [-0.05, 0) is 47.7 Å². The van der Waals surface area contributed by atoms with E-state index >= 15 is 0 Å². The first kappa shape index (κ1) is 24.6. The number of para-hydroxylation sites is 1. The third kappa shape index (κ3) is 3.52. The number of carbonyl (C=O) groups excluding carboxylic acids is 2. The molecule has 1 spiro atoms. The Morgan fingerprint density at radius 2 is 1.62 bits per heavy atom. The molecule has 6 rings (SSSR count). The van der Waals surface area contributed by atoms with Gasteiger partial charge in [-0.25, -0.2) is 4.39 Å². The zero-order valence-corrected chi connectivity index (χ0v) is 21.7. The number of nitrogens with two attached hydrogens (primary N) is 1. The molecule has 3 aliphatic rings. The number of hydrogen-bond donors (Lipinski definition) is 1. The van der Waals surface area contributed by atoms with Crippen LogP contribution in [0.5, 0.6) is 0 Å². The molecule has 6 nitrogen and oxygen atoms in total. The second-order valence-electron chi connectivity index (χ2n) is 11.1. The lowest BCUT2D eigenvalue weighted by molar-refractivity contribution is -0.125. The standard InChI is InChI=1S/C32H27FN4O2/c1-31(2)16-26-28(27(38)17-31)32(24(18-34)29(35)37(26)22-14-12-21(33)13-15-22)23-10-6-7-11-25(23)36(30(32)39)19-20-8-4-3-5-9-20/h3-15H,16-17,19,35H2,1-2H3. The van der Waals surface area contributed by atoms with Crippen LogP contribution in [0.2, 0.25) is 0 Å². The monoisotopic (exact) mass is 518 g/mol. The lowest BCUT2D eigenvalue weighted by atomic mass is 9.60. The van der Waals surface area contributed by atoms with E-state index in [0.29, 0.717) is 29.1 Å². The van der Waals surface area contributed by atoms with Crippen molar-refractivity contribution in [1.82, 2.24) is 0 Å². The fourth-order valence-corrected chi connectivity index (χ4v) is 6.36. The molecule has 1 amide bonds. The van der Waals surface area contributed by atoms with Crippen LogP contribution in [0, 0.1) is 22.6 Å². The van der Waals surface area contributed by atoms with Crippen molar-refractivity contribution in [3.63, 3.8) is 0 Å². The zero-order chi connectivity index (χ0) is 27.5. The average molecular weight is 519 g/mol. The topological polar surface area (TPSA) is 90.4 Å². The van der Waals surface area contributed by atoms with E-state index in [2.05, 4.69) is 6.07 Å². The third-order valence-electron chi connectivity index (χ3n) is 7.91. The number of allylic oxidation sites excluding steroid dienone is 1. The molecule has 0 fully saturated rings. The van der Waals surface area contributed by atoms with E-state index in [-0.39, 0.29) is 41.6 Å². The molecule has 1 atom stereocenters. The van der Waals surface area contributed by atoms with Crippen LogP contribution in [0.15, 0.2) is 102 Å². The van der Waals surface area contributed by atoms with Crippen LogP contribution in [-0.4, -0.2) is 11.7 Å². The summed E-state index contributed by atoms with van der Waals surface area (Å²) in [5.41, 5.74) is 8.24. The number of ketones is 1. The Morgan fingerprint density at radius 3 is 2.31 bits per heavy atom. The lowest BCUT2D eigenvalue weighted by Crippen LogP contribution is -2.53. The molecular weight excluding hydrogens is 491 g/mol. The highest BCUT2D eigenvalue weighted by molar-refractivity contribution is 6.20. The number of anilines is 2. The summed E-state index contributed by atoms with van der Waals surface area (Å²) in [4.78, 5) is 32.2. The molecule has 0 radical (unpaired) electrons. The van der Waals surface area contributed by atoms with E-state index in [1.807, 2.05) is 68.4 Å². The Kier molecular flexibility index (Phi) is 5.47. The van der Waals surface area contributed by atoms with Gasteiger partial charge in [0.1, 0.15) is 23.1 Å². The molecule has 3 aromatic rings. The number of amides is 1. The highest BCUT2D eigenvalue weighted by Crippen LogP contribution is 2.58. The van der Waals surface area contributed by atoms with E-state index < -0.39 is 16.6 Å². The maximum absolute atomic E-state index is 14.7. The maximum Gasteiger partial charge on any atom is 0.248 e. The predicted octanol–water partition coefficient (Wildman–Crippen LogP) is 5.47. The summed E-state index contributed by atoms with van der Waals surface area (Å²) in [5, 5.41) is 10.6. The van der Waals surface area contributed by atoms with Gasteiger partial charge >= 0.3 is 0 Å². The molecule has 39 heavy (non-hydrogen) atoms. The van der Waals surface area contributed by atoms with Crippen molar-refractivity contribution in [2.24, 2.45) is 11.1 Å². The fraction of sp³-hybridized carbons (Fsp3) is 0.219. The van der Waals surface area contributed by atoms with Crippen molar-refractivity contribution < 1.29 is 14.0 Å². The first-order valence-electron chi connectivity index (χ1n) is 12.9. The van der Waals surface area contributed by atoms with Gasteiger partial charge in [0.15, 0.2) is 5.78 Å². The zero-order valence-electron chi connectivity index (χ0n) is 21.7. The molecule has 3 aromatic carbocycles. The number of hydrogen-bond acceptors (Lipinski definition) is 5. The third-order valence-corrected chi connectivity index (χ3v) is 7.91. The number of fused-ring (bicyclic) bond motifs is 3. The van der Waals surface area contributed by atoms with Crippen molar-refractivity contribution >= 4 is 23.1 Å². The van der Waals surface area contributed by atoms with Gasteiger partial charge in [0, 0.05) is 34.6 Å². The van der Waals surface area contributed by atoms with Gasteiger partial charge in [-0.2, -0.15) is 5.26 Å². The highest BCUT2D eigenvalue weighted by atomic mass is 19.1. The van der Waals surface area contributed by atoms with Crippen molar-refractivity contribution in [2.75, 3.05) is 9.80 Å². The van der Waals surface area contributed by atoms with Gasteiger partial charge in [-0.15, -0.1) is 0 Å². The molecule has 1 unspecified atom stereocenters. The van der Waals surface area contributed by atoms with E-state index in [0.717, 1.165) is 5.56 Å². The lowest BCUT2D eigenvalue weighted by Gasteiger charge is -2.47. The minimum atomic E-state index is -1.66. The number of halogens is 1. The van der Waals surface area contributed by atoms with Crippen LogP contribution >= 0.6 is 0 Å². The second-order valence-corrected chi connectivity index (χ2v) is 11.1. The molecule has 0 bridgehead atoms. The van der Waals surface area contributed by atoms with E-state index in [1.54, 1.807) is 21.9 Å². The number of nitriles is 1. The summed E-state index contributed by atoms with van der Waals surface area (Å²) in [5.74, 6) is -0.913. The smallest absolute Gasteiger partial charge is 0.248 e. The van der Waals surface area contributed by atoms with Gasteiger partial charge in [0.05, 0.1) is 12.1 Å². The van der Waals surface area contributed by atoms with Gasteiger partial charge < -0.3 is 10.6 Å². The Hall–Kier alpha value is -4.70. The summed E-state index contributed by atoms with van der Waals surface area (Å²) in [6.45, 7) is 4.27. The molecule has 0 saturated heterocycles. The molecular formula is C32H27FN4O2. The minimum absolute atomic E-state index is 0.00615. The number of rotatable bonds is 3. The van der Waals surface area contributed by atoms with Gasteiger partial charge in [0.2, 0.25) is 5.91 Å². The Bertz CT molecular complexity index is 1630. The van der Waals surface area contributed by atoms with Crippen LogP contribution in [0.25, 0.3) is 0 Å². The first-order valence-corrected chi connectivity index (χ1v) is 12.9. The summed E-state index contributed by atoms with van der Waals surface area (Å²) >= 11 is 0. The van der Waals surface area contributed by atoms with E-state index in [4.69, 9.17) is 5.73 Å². The van der Waals surface area contributed by atoms with Crippen molar-refractivity contribution in [1.29, 1.82) is 5.26 Å². The first-order chi connectivity index (χ1) is 18.7. The van der Waals surface area contributed by atoms with Crippen LogP contribution in [-0.2, 0) is 21.5 Å². The summed E-state index contributed by atoms with van der Waals surface area (Å²) in [7, 11) is 0. The van der Waals surface area contributed by atoms with Crippen LogP contribution in [0.4, 0.5) is 15.8 Å². The fourth-order valence-electron chi connectivity index (χ4n) is 6.36. The quantitative estimate of drug-likeness (QED) is 0.497. The molecule has 0 aromatic heterocycles. The molecule has 0 saturated carbocycles. The molecule has 194 valence electrons. The SMILES string of the molecule is CC1(C)CC(=O)C2=C(C1)N(c1ccc(F)cc1)C(N)=C(C#N)C21C(=O)N(Cc2ccccc2)c2ccccc21. The number of Topliss-reactive ketones (excluding diaryl/α,β-unsaturated/α-hetero) is 1. The molecule has 7 heteroatoms. The van der Waals surface area contributed by atoms with Crippen LogP contribution in [0.1, 0.15) is 37.8 Å². The molecule has 2 aliphatic heterocycles. The Labute approximate surface area is 226 Å². The minimum Gasteiger partial charge on any atom is -0.384 e. The Morgan fingerprint density at radius 1 is 0.949 bits per heavy atom. The van der Waals surface area contributed by atoms with Crippen LogP contribution < -0.4 is 15.5 Å². The van der Waals surface area contributed by atoms with Gasteiger partial charge in [0.25, 0.3) is 0 Å². The highest BCUT2D eigenvalue weighted by Gasteiger charge is 2.63. The van der Waals surface area contributed by atoms with E-state index in [9.17, 15) is 19.2 Å². The van der Waals surface area contributed by atoms with Crippen molar-refractivity contribution in [3.8, 4) is 6.07 Å². The maximum atomic E-state index is 14.7. The van der Waals surface area contributed by atoms with E-state index in [1.165, 1.54) is 12.1 Å². The second kappa shape index (κ2) is 8.67. The van der Waals surface area contributed by atoms with Crippen molar-refractivity contribution in [3.05, 3.63) is 118 Å². The molecule has 1 aliphatic carbocycles. The largest absolute Gasteiger partial charge is 0.384 e. The van der Waals surface area contributed by atoms with Gasteiger partial charge in [-0.3, -0.25) is 14.5 Å². The van der Waals surface area contributed by atoms with Crippen molar-refractivity contribution in [2.45, 2.75) is 38.6 Å². The summed E-state index contributed by atoms with van der Waals surface area (Å²) in [6, 6.07) is 24.9. The normalized spacial score (nSPS) is 21.8. The predicted molar refractivity (Wildman–Crippen MR) is 147 cm³/mol. The number of nitrogens with zero attached hydrogens (tertiary/aromatic N) is 3. The van der Waals surface area contributed by atoms with Crippen LogP contribution in [0.3, 0.4) is 0 Å². The average Bonchev–Trinajstić information content (AvgIpc) is 3.13. The Balaban J connectivity index is 1.66. The number of carbonyl (C=O) groups is 2. The number of benzene rings is 3.